The molecule has 0 aliphatic heterocycles. The number of hydrogen-bond donors (Lipinski definition) is 2. The zero-order valence-electron chi connectivity index (χ0n) is 10.2. The summed E-state index contributed by atoms with van der Waals surface area (Å²) in [4.78, 5) is 12.4. The number of aromatic nitrogens is 2. The molecule has 3 rings (SSSR count). The summed E-state index contributed by atoms with van der Waals surface area (Å²) in [6, 6.07) is 13.1. The van der Waals surface area contributed by atoms with E-state index in [0.717, 1.165) is 19.8 Å². The molecule has 0 saturated heterocycles. The number of H-pyrrole nitrogens is 1. The van der Waals surface area contributed by atoms with Gasteiger partial charge < -0.3 is 5.32 Å². The van der Waals surface area contributed by atoms with Gasteiger partial charge in [-0.15, -0.1) is 0 Å². The fourth-order valence-electron chi connectivity index (χ4n) is 1.93. The molecule has 3 aromatic rings. The number of halogens is 2. The van der Waals surface area contributed by atoms with Gasteiger partial charge in [0.2, 0.25) is 0 Å². The van der Waals surface area contributed by atoms with E-state index in [1.807, 2.05) is 42.5 Å². The van der Waals surface area contributed by atoms with Crippen LogP contribution in [-0.4, -0.2) is 16.1 Å². The molecule has 6 heteroatoms. The number of amides is 1. The quantitative estimate of drug-likeness (QED) is 0.679. The fourth-order valence-corrected chi connectivity index (χ4v) is 3.12. The Hall–Kier alpha value is -1.66. The Bertz CT molecular complexity index is 778. The van der Waals surface area contributed by atoms with Crippen molar-refractivity contribution in [2.45, 2.75) is 0 Å². The van der Waals surface area contributed by atoms with Crippen LogP contribution in [0, 0.1) is 0 Å². The summed E-state index contributed by atoms with van der Waals surface area (Å²) in [5.74, 6) is -0.255. The summed E-state index contributed by atoms with van der Waals surface area (Å²) in [6.07, 6.45) is 0. The predicted molar refractivity (Wildman–Crippen MR) is 85.9 cm³/mol. The molecule has 0 fully saturated rings. The van der Waals surface area contributed by atoms with Gasteiger partial charge in [0.1, 0.15) is 0 Å². The second-order valence-corrected chi connectivity index (χ2v) is 5.88. The largest absolute Gasteiger partial charge is 0.319 e. The Labute approximate surface area is 131 Å². The second kappa shape index (κ2) is 5.38. The zero-order chi connectivity index (χ0) is 14.1. The first kappa shape index (κ1) is 13.3. The maximum atomic E-state index is 12.4. The van der Waals surface area contributed by atoms with E-state index in [1.54, 1.807) is 0 Å². The number of para-hydroxylation sites is 2. The van der Waals surface area contributed by atoms with Gasteiger partial charge in [-0.2, -0.15) is 5.10 Å². The SMILES string of the molecule is O=C(Nc1c(Br)cccc1Br)c1n[nH]c2ccccc12. The molecule has 0 saturated carbocycles. The van der Waals surface area contributed by atoms with Crippen molar-refractivity contribution < 1.29 is 4.79 Å². The number of hydrogen-bond acceptors (Lipinski definition) is 2. The lowest BCUT2D eigenvalue weighted by Gasteiger charge is -2.08. The lowest BCUT2D eigenvalue weighted by atomic mass is 10.2. The van der Waals surface area contributed by atoms with Crippen LogP contribution in [0.15, 0.2) is 51.4 Å². The first-order valence-corrected chi connectivity index (χ1v) is 7.44. The average molecular weight is 395 g/mol. The van der Waals surface area contributed by atoms with Crippen LogP contribution in [0.3, 0.4) is 0 Å². The van der Waals surface area contributed by atoms with Crippen molar-refractivity contribution in [2.75, 3.05) is 5.32 Å². The Morgan fingerprint density at radius 1 is 1.05 bits per heavy atom. The number of nitrogens with zero attached hydrogens (tertiary/aromatic N) is 1. The molecule has 4 nitrogen and oxygen atoms in total. The number of fused-ring (bicyclic) bond motifs is 1. The van der Waals surface area contributed by atoms with Crippen molar-refractivity contribution in [3.8, 4) is 0 Å². The van der Waals surface area contributed by atoms with Gasteiger partial charge in [-0.3, -0.25) is 9.89 Å². The van der Waals surface area contributed by atoms with E-state index in [4.69, 9.17) is 0 Å². The van der Waals surface area contributed by atoms with Crippen LogP contribution in [-0.2, 0) is 0 Å². The monoisotopic (exact) mass is 393 g/mol. The molecule has 1 amide bonds. The first-order chi connectivity index (χ1) is 9.66. The fraction of sp³-hybridized carbons (Fsp3) is 0. The molecule has 0 aliphatic rings. The number of carbonyl (C=O) groups excluding carboxylic acids is 1. The minimum absolute atomic E-state index is 0.255. The lowest BCUT2D eigenvalue weighted by Crippen LogP contribution is -2.13. The Kier molecular flexibility index (Phi) is 3.58. The van der Waals surface area contributed by atoms with Crippen LogP contribution in [0.2, 0.25) is 0 Å². The molecule has 0 spiro atoms. The minimum atomic E-state index is -0.255. The van der Waals surface area contributed by atoms with Gasteiger partial charge in [-0.25, -0.2) is 0 Å². The van der Waals surface area contributed by atoms with Gasteiger partial charge in [0.25, 0.3) is 5.91 Å². The number of anilines is 1. The minimum Gasteiger partial charge on any atom is -0.319 e. The average Bonchev–Trinajstić information content (AvgIpc) is 2.87. The molecular formula is C14H9Br2N3O. The third-order valence-electron chi connectivity index (χ3n) is 2.89. The van der Waals surface area contributed by atoms with Crippen molar-refractivity contribution in [1.29, 1.82) is 0 Å². The Morgan fingerprint density at radius 2 is 1.75 bits per heavy atom. The van der Waals surface area contributed by atoms with Crippen LogP contribution in [0.1, 0.15) is 10.5 Å². The molecule has 20 heavy (non-hydrogen) atoms. The van der Waals surface area contributed by atoms with E-state index < -0.39 is 0 Å². The van der Waals surface area contributed by atoms with E-state index in [-0.39, 0.29) is 5.91 Å². The van der Waals surface area contributed by atoms with E-state index in [9.17, 15) is 4.79 Å². The maximum Gasteiger partial charge on any atom is 0.276 e. The molecule has 0 radical (unpaired) electrons. The highest BCUT2D eigenvalue weighted by atomic mass is 79.9. The van der Waals surface area contributed by atoms with Gasteiger partial charge in [-0.1, -0.05) is 24.3 Å². The molecule has 0 aliphatic carbocycles. The number of benzene rings is 2. The number of aromatic amines is 1. The van der Waals surface area contributed by atoms with Crippen molar-refractivity contribution in [2.24, 2.45) is 0 Å². The Balaban J connectivity index is 1.98. The third kappa shape index (κ3) is 2.36. The summed E-state index contributed by atoms with van der Waals surface area (Å²) in [5, 5.41) is 10.6. The van der Waals surface area contributed by atoms with Crippen LogP contribution >= 0.6 is 31.9 Å². The van der Waals surface area contributed by atoms with Crippen molar-refractivity contribution in [3.63, 3.8) is 0 Å². The van der Waals surface area contributed by atoms with E-state index >= 15 is 0 Å². The number of nitrogens with one attached hydrogen (secondary N) is 2. The molecule has 1 heterocycles. The molecule has 2 aromatic carbocycles. The molecular weight excluding hydrogens is 386 g/mol. The third-order valence-corrected chi connectivity index (χ3v) is 4.21. The smallest absolute Gasteiger partial charge is 0.276 e. The van der Waals surface area contributed by atoms with E-state index in [2.05, 4.69) is 47.4 Å². The molecule has 0 atom stereocenters. The van der Waals surface area contributed by atoms with Gasteiger partial charge in [0.05, 0.1) is 11.2 Å². The summed E-state index contributed by atoms with van der Waals surface area (Å²) >= 11 is 6.83. The highest BCUT2D eigenvalue weighted by molar-refractivity contribution is 9.11. The van der Waals surface area contributed by atoms with Crippen LogP contribution in [0.4, 0.5) is 5.69 Å². The van der Waals surface area contributed by atoms with E-state index in [1.165, 1.54) is 0 Å². The van der Waals surface area contributed by atoms with Crippen LogP contribution in [0.5, 0.6) is 0 Å². The van der Waals surface area contributed by atoms with Crippen LogP contribution < -0.4 is 5.32 Å². The summed E-state index contributed by atoms with van der Waals surface area (Å²) in [7, 11) is 0. The zero-order valence-corrected chi connectivity index (χ0v) is 13.3. The van der Waals surface area contributed by atoms with Gasteiger partial charge in [0.15, 0.2) is 5.69 Å². The second-order valence-electron chi connectivity index (χ2n) is 4.17. The summed E-state index contributed by atoms with van der Waals surface area (Å²) < 4.78 is 1.61. The number of carbonyl (C=O) groups is 1. The van der Waals surface area contributed by atoms with E-state index in [0.29, 0.717) is 11.4 Å². The summed E-state index contributed by atoms with van der Waals surface area (Å²) in [5.41, 5.74) is 1.90. The topological polar surface area (TPSA) is 57.8 Å². The summed E-state index contributed by atoms with van der Waals surface area (Å²) in [6.45, 7) is 0. The first-order valence-electron chi connectivity index (χ1n) is 5.85. The highest BCUT2D eigenvalue weighted by Gasteiger charge is 2.16. The predicted octanol–water partition coefficient (Wildman–Crippen LogP) is 4.34. The van der Waals surface area contributed by atoms with Gasteiger partial charge >= 0.3 is 0 Å². The number of rotatable bonds is 2. The molecule has 0 bridgehead atoms. The van der Waals surface area contributed by atoms with Gasteiger partial charge in [0, 0.05) is 14.3 Å². The molecule has 0 unspecified atom stereocenters. The maximum absolute atomic E-state index is 12.4. The van der Waals surface area contributed by atoms with Gasteiger partial charge in [-0.05, 0) is 50.1 Å². The Morgan fingerprint density at radius 3 is 2.50 bits per heavy atom. The van der Waals surface area contributed by atoms with Crippen molar-refractivity contribution in [1.82, 2.24) is 10.2 Å². The molecule has 2 N–H and O–H groups in total. The highest BCUT2D eigenvalue weighted by Crippen LogP contribution is 2.31. The standard InChI is InChI=1S/C14H9Br2N3O/c15-9-5-3-6-10(16)13(9)17-14(20)12-8-4-1-2-7-11(8)18-19-12/h1-7H,(H,17,20)(H,18,19). The van der Waals surface area contributed by atoms with Crippen LogP contribution in [0.25, 0.3) is 10.9 Å². The van der Waals surface area contributed by atoms with Crippen molar-refractivity contribution in [3.05, 3.63) is 57.1 Å². The normalized spacial score (nSPS) is 10.7. The van der Waals surface area contributed by atoms with Crippen molar-refractivity contribution >= 4 is 54.4 Å². The molecule has 100 valence electrons. The molecule has 1 aromatic heterocycles. The lowest BCUT2D eigenvalue weighted by molar-refractivity contribution is 0.102.